The maximum atomic E-state index is 12.8. The second kappa shape index (κ2) is 8.31. The molecule has 7 heteroatoms. The SMILES string of the molecule is COc1cc(C2=NC3C(NC(=O)c4cccc(C#N)c4)CCCCC3N2)ccn1. The summed E-state index contributed by atoms with van der Waals surface area (Å²) in [5.74, 6) is 1.19. The third-order valence-corrected chi connectivity index (χ3v) is 5.49. The number of hydrogen-bond donors (Lipinski definition) is 2. The molecule has 2 heterocycles. The highest BCUT2D eigenvalue weighted by Crippen LogP contribution is 2.27. The van der Waals surface area contributed by atoms with Crippen LogP contribution >= 0.6 is 0 Å². The lowest BCUT2D eigenvalue weighted by atomic mass is 9.99. The van der Waals surface area contributed by atoms with Gasteiger partial charge >= 0.3 is 0 Å². The number of nitrogens with one attached hydrogen (secondary N) is 2. The lowest BCUT2D eigenvalue weighted by Gasteiger charge is -2.24. The molecule has 1 aromatic carbocycles. The molecule has 1 saturated carbocycles. The van der Waals surface area contributed by atoms with Crippen molar-refractivity contribution in [1.82, 2.24) is 15.6 Å². The maximum Gasteiger partial charge on any atom is 0.251 e. The number of nitrogens with zero attached hydrogens (tertiary/aromatic N) is 3. The molecule has 4 rings (SSSR count). The molecule has 7 nitrogen and oxygen atoms in total. The molecule has 1 aliphatic heterocycles. The van der Waals surface area contributed by atoms with Crippen LogP contribution in [0.4, 0.5) is 0 Å². The molecule has 1 aliphatic carbocycles. The van der Waals surface area contributed by atoms with Gasteiger partial charge in [0.25, 0.3) is 5.91 Å². The number of benzene rings is 1. The maximum absolute atomic E-state index is 12.8. The summed E-state index contributed by atoms with van der Waals surface area (Å²) in [6, 6.07) is 12.7. The summed E-state index contributed by atoms with van der Waals surface area (Å²) in [5, 5.41) is 15.8. The van der Waals surface area contributed by atoms with Gasteiger partial charge in [-0.15, -0.1) is 0 Å². The van der Waals surface area contributed by atoms with Gasteiger partial charge in [0.05, 0.1) is 36.9 Å². The van der Waals surface area contributed by atoms with Crippen LogP contribution < -0.4 is 15.4 Å². The fourth-order valence-electron chi connectivity index (χ4n) is 4.02. The third kappa shape index (κ3) is 4.06. The molecule has 0 bridgehead atoms. The molecule has 1 amide bonds. The molecular formula is C22H23N5O2. The largest absolute Gasteiger partial charge is 0.481 e. The molecular weight excluding hydrogens is 366 g/mol. The van der Waals surface area contributed by atoms with Gasteiger partial charge in [0, 0.05) is 23.4 Å². The third-order valence-electron chi connectivity index (χ3n) is 5.49. The molecule has 29 heavy (non-hydrogen) atoms. The Morgan fingerprint density at radius 2 is 2.14 bits per heavy atom. The first-order chi connectivity index (χ1) is 14.2. The van der Waals surface area contributed by atoms with Gasteiger partial charge in [0.15, 0.2) is 0 Å². The van der Waals surface area contributed by atoms with Crippen molar-refractivity contribution in [3.8, 4) is 11.9 Å². The molecule has 1 aromatic heterocycles. The number of ether oxygens (including phenoxy) is 1. The van der Waals surface area contributed by atoms with Gasteiger partial charge in [-0.2, -0.15) is 5.26 Å². The van der Waals surface area contributed by atoms with E-state index in [0.29, 0.717) is 17.0 Å². The first-order valence-electron chi connectivity index (χ1n) is 9.83. The Balaban J connectivity index is 1.56. The van der Waals surface area contributed by atoms with Gasteiger partial charge in [-0.1, -0.05) is 18.9 Å². The fourth-order valence-corrected chi connectivity index (χ4v) is 4.02. The van der Waals surface area contributed by atoms with Crippen molar-refractivity contribution < 1.29 is 9.53 Å². The number of amidine groups is 1. The van der Waals surface area contributed by atoms with Gasteiger partial charge in [-0.3, -0.25) is 9.79 Å². The van der Waals surface area contributed by atoms with Crippen LogP contribution in [0, 0.1) is 11.3 Å². The Hall–Kier alpha value is -3.40. The van der Waals surface area contributed by atoms with Crippen molar-refractivity contribution in [3.63, 3.8) is 0 Å². The molecule has 0 radical (unpaired) electrons. The minimum atomic E-state index is -0.165. The Morgan fingerprint density at radius 3 is 2.97 bits per heavy atom. The zero-order valence-electron chi connectivity index (χ0n) is 16.3. The van der Waals surface area contributed by atoms with Crippen molar-refractivity contribution in [1.29, 1.82) is 5.26 Å². The summed E-state index contributed by atoms with van der Waals surface area (Å²) in [4.78, 5) is 21.9. The summed E-state index contributed by atoms with van der Waals surface area (Å²) in [6.45, 7) is 0. The monoisotopic (exact) mass is 389 g/mol. The van der Waals surface area contributed by atoms with Crippen LogP contribution in [0.1, 0.15) is 47.2 Å². The number of carbonyl (C=O) groups excluding carboxylic acids is 1. The Morgan fingerprint density at radius 1 is 1.28 bits per heavy atom. The molecule has 3 unspecified atom stereocenters. The van der Waals surface area contributed by atoms with Crippen molar-refractivity contribution in [3.05, 3.63) is 59.3 Å². The normalized spacial score (nSPS) is 23.0. The highest BCUT2D eigenvalue weighted by molar-refractivity contribution is 6.00. The van der Waals surface area contributed by atoms with Crippen LogP contribution in [0.3, 0.4) is 0 Å². The zero-order chi connectivity index (χ0) is 20.2. The van der Waals surface area contributed by atoms with Crippen LogP contribution in [0.25, 0.3) is 0 Å². The van der Waals surface area contributed by atoms with Crippen LogP contribution in [-0.4, -0.2) is 42.0 Å². The fraction of sp³-hybridized carbons (Fsp3) is 0.364. The lowest BCUT2D eigenvalue weighted by Crippen LogP contribution is -2.47. The summed E-state index contributed by atoms with van der Waals surface area (Å²) in [5.41, 5.74) is 1.90. The van der Waals surface area contributed by atoms with Crippen LogP contribution in [-0.2, 0) is 0 Å². The van der Waals surface area contributed by atoms with E-state index in [1.807, 2.05) is 12.1 Å². The molecule has 148 valence electrons. The summed E-state index contributed by atoms with van der Waals surface area (Å²) >= 11 is 0. The van der Waals surface area contributed by atoms with Crippen molar-refractivity contribution in [2.24, 2.45) is 4.99 Å². The van der Waals surface area contributed by atoms with Crippen LogP contribution in [0.5, 0.6) is 5.88 Å². The first-order valence-corrected chi connectivity index (χ1v) is 9.83. The standard InChI is InChI=1S/C22H23N5O2/c1-29-19-12-15(9-10-24-19)21-25-17-7-2-3-8-18(20(17)27-21)26-22(28)16-6-4-5-14(11-16)13-23/h4-6,9-12,17-18,20H,2-3,7-8H2,1H3,(H,25,27)(H,26,28). The van der Waals surface area contributed by atoms with Crippen molar-refractivity contribution in [2.45, 2.75) is 43.8 Å². The topological polar surface area (TPSA) is 99.4 Å². The number of methoxy groups -OCH3 is 1. The minimum absolute atomic E-state index is 0.0326. The number of pyridine rings is 1. The zero-order valence-corrected chi connectivity index (χ0v) is 16.3. The Labute approximate surface area is 169 Å². The quantitative estimate of drug-likeness (QED) is 0.837. The average molecular weight is 389 g/mol. The van der Waals surface area contributed by atoms with E-state index < -0.39 is 0 Å². The smallest absolute Gasteiger partial charge is 0.251 e. The Kier molecular flexibility index (Phi) is 5.43. The second-order valence-corrected chi connectivity index (χ2v) is 7.36. The highest BCUT2D eigenvalue weighted by Gasteiger charge is 2.37. The number of fused-ring (bicyclic) bond motifs is 1. The highest BCUT2D eigenvalue weighted by atomic mass is 16.5. The number of aliphatic imine (C=N–C) groups is 1. The molecule has 1 fully saturated rings. The van der Waals surface area contributed by atoms with Crippen molar-refractivity contribution in [2.75, 3.05) is 7.11 Å². The van der Waals surface area contributed by atoms with E-state index in [4.69, 9.17) is 15.0 Å². The van der Waals surface area contributed by atoms with Gasteiger partial charge in [0.1, 0.15) is 5.84 Å². The lowest BCUT2D eigenvalue weighted by molar-refractivity contribution is 0.0928. The number of amides is 1. The number of nitriles is 1. The molecule has 0 spiro atoms. The summed E-state index contributed by atoms with van der Waals surface area (Å²) in [6.07, 6.45) is 5.73. The predicted molar refractivity (Wildman–Crippen MR) is 109 cm³/mol. The average Bonchev–Trinajstić information content (AvgIpc) is 3.11. The summed E-state index contributed by atoms with van der Waals surface area (Å²) < 4.78 is 5.22. The molecule has 0 saturated heterocycles. The van der Waals surface area contributed by atoms with Crippen molar-refractivity contribution >= 4 is 11.7 Å². The van der Waals surface area contributed by atoms with E-state index in [0.717, 1.165) is 37.1 Å². The number of carbonyl (C=O) groups is 1. The Bertz CT molecular complexity index is 981. The summed E-state index contributed by atoms with van der Waals surface area (Å²) in [7, 11) is 1.59. The van der Waals surface area contributed by atoms with Gasteiger partial charge in [0.2, 0.25) is 5.88 Å². The van der Waals surface area contributed by atoms with E-state index in [9.17, 15) is 4.79 Å². The molecule has 2 N–H and O–H groups in total. The van der Waals surface area contributed by atoms with Crippen LogP contribution in [0.2, 0.25) is 0 Å². The van der Waals surface area contributed by atoms with Gasteiger partial charge < -0.3 is 15.4 Å². The number of hydrogen-bond acceptors (Lipinski definition) is 6. The van der Waals surface area contributed by atoms with Gasteiger partial charge in [-0.05, 0) is 37.1 Å². The van der Waals surface area contributed by atoms with E-state index in [1.54, 1.807) is 37.6 Å². The van der Waals surface area contributed by atoms with E-state index in [-0.39, 0.29) is 24.0 Å². The second-order valence-electron chi connectivity index (χ2n) is 7.36. The number of rotatable bonds is 4. The molecule has 3 atom stereocenters. The molecule has 2 aliphatic rings. The van der Waals surface area contributed by atoms with Crippen LogP contribution in [0.15, 0.2) is 47.6 Å². The van der Waals surface area contributed by atoms with Gasteiger partial charge in [-0.25, -0.2) is 4.98 Å². The minimum Gasteiger partial charge on any atom is -0.481 e. The van der Waals surface area contributed by atoms with E-state index in [1.165, 1.54) is 0 Å². The van der Waals surface area contributed by atoms with E-state index in [2.05, 4.69) is 21.7 Å². The predicted octanol–water partition coefficient (Wildman–Crippen LogP) is 2.42. The molecule has 2 aromatic rings. The first kappa shape index (κ1) is 18.9. The number of aromatic nitrogens is 1. The van der Waals surface area contributed by atoms with E-state index >= 15 is 0 Å².